The van der Waals surface area contributed by atoms with Crippen molar-refractivity contribution >= 4 is 39.6 Å². The lowest BCUT2D eigenvalue weighted by atomic mass is 10.1. The van der Waals surface area contributed by atoms with Crippen molar-refractivity contribution in [1.82, 2.24) is 4.90 Å². The fourth-order valence-electron chi connectivity index (χ4n) is 2.51. The minimum Gasteiger partial charge on any atom is -0.481 e. The maximum absolute atomic E-state index is 12.2. The van der Waals surface area contributed by atoms with Crippen LogP contribution in [0.15, 0.2) is 33.6 Å². The highest BCUT2D eigenvalue weighted by molar-refractivity contribution is 9.10. The largest absolute Gasteiger partial charge is 0.481 e. The summed E-state index contributed by atoms with van der Waals surface area (Å²) >= 11 is 5.04. The van der Waals surface area contributed by atoms with Crippen molar-refractivity contribution in [2.75, 3.05) is 12.3 Å². The second-order valence-corrected chi connectivity index (χ2v) is 7.12. The minimum absolute atomic E-state index is 0.0611. The summed E-state index contributed by atoms with van der Waals surface area (Å²) in [5, 5.41) is 8.87. The van der Waals surface area contributed by atoms with Crippen LogP contribution < -0.4 is 0 Å². The Labute approximate surface area is 137 Å². The highest BCUT2D eigenvalue weighted by Crippen LogP contribution is 2.24. The van der Waals surface area contributed by atoms with Gasteiger partial charge in [0.05, 0.1) is 6.42 Å². The van der Waals surface area contributed by atoms with E-state index in [0.29, 0.717) is 13.0 Å². The van der Waals surface area contributed by atoms with Crippen molar-refractivity contribution in [1.29, 1.82) is 0 Å². The predicted molar refractivity (Wildman–Crippen MR) is 86.5 cm³/mol. The quantitative estimate of drug-likeness (QED) is 0.778. The Kier molecular flexibility index (Phi) is 6.11. The number of carbonyl (C=O) groups is 2. The standard InChI is InChI=1S/C15H18BrNO3S/c16-11-3-5-13(6-4-11)21-9-7-14(18)17-8-1-2-12(17)10-15(19)20/h3-6,12H,1-2,7-10H2,(H,19,20). The molecule has 1 unspecified atom stereocenters. The molecule has 2 rings (SSSR count). The van der Waals surface area contributed by atoms with Crippen molar-refractivity contribution in [3.8, 4) is 0 Å². The van der Waals surface area contributed by atoms with Gasteiger partial charge in [0.2, 0.25) is 5.91 Å². The van der Waals surface area contributed by atoms with Crippen LogP contribution in [0.3, 0.4) is 0 Å². The van der Waals surface area contributed by atoms with Crippen molar-refractivity contribution < 1.29 is 14.7 Å². The summed E-state index contributed by atoms with van der Waals surface area (Å²) in [6.45, 7) is 0.694. The van der Waals surface area contributed by atoms with Crippen LogP contribution in [-0.4, -0.2) is 40.2 Å². The smallest absolute Gasteiger partial charge is 0.305 e. The molecule has 0 spiro atoms. The van der Waals surface area contributed by atoms with Gasteiger partial charge in [-0.2, -0.15) is 0 Å². The normalized spacial score (nSPS) is 18.0. The summed E-state index contributed by atoms with van der Waals surface area (Å²) in [4.78, 5) is 25.9. The first kappa shape index (κ1) is 16.4. The first-order chi connectivity index (χ1) is 10.1. The fourth-order valence-corrected chi connectivity index (χ4v) is 3.61. The molecule has 1 aromatic carbocycles. The third-order valence-electron chi connectivity index (χ3n) is 3.51. The van der Waals surface area contributed by atoms with Crippen LogP contribution in [0.4, 0.5) is 0 Å². The molecule has 1 aliphatic heterocycles. The van der Waals surface area contributed by atoms with E-state index in [4.69, 9.17) is 5.11 Å². The molecule has 4 nitrogen and oxygen atoms in total. The van der Waals surface area contributed by atoms with Gasteiger partial charge in [-0.1, -0.05) is 15.9 Å². The first-order valence-corrected chi connectivity index (χ1v) is 8.74. The number of aliphatic carboxylic acids is 1. The molecule has 0 bridgehead atoms. The number of hydrogen-bond donors (Lipinski definition) is 1. The zero-order chi connectivity index (χ0) is 15.2. The van der Waals surface area contributed by atoms with Crippen molar-refractivity contribution in [2.24, 2.45) is 0 Å². The van der Waals surface area contributed by atoms with Gasteiger partial charge >= 0.3 is 5.97 Å². The molecule has 0 aromatic heterocycles. The van der Waals surface area contributed by atoms with Crippen LogP contribution in [0.2, 0.25) is 0 Å². The SMILES string of the molecule is O=C(O)CC1CCCN1C(=O)CCSc1ccc(Br)cc1. The summed E-state index contributed by atoms with van der Waals surface area (Å²) in [6.07, 6.45) is 2.23. The Morgan fingerprint density at radius 1 is 1.33 bits per heavy atom. The highest BCUT2D eigenvalue weighted by atomic mass is 79.9. The maximum atomic E-state index is 12.2. The Morgan fingerprint density at radius 3 is 2.71 bits per heavy atom. The molecule has 1 fully saturated rings. The molecule has 1 saturated heterocycles. The topological polar surface area (TPSA) is 57.6 Å². The van der Waals surface area contributed by atoms with E-state index in [1.54, 1.807) is 16.7 Å². The number of rotatable bonds is 6. The van der Waals surface area contributed by atoms with E-state index in [1.165, 1.54) is 0 Å². The van der Waals surface area contributed by atoms with E-state index in [1.807, 2.05) is 24.3 Å². The van der Waals surface area contributed by atoms with Gasteiger partial charge in [-0.05, 0) is 37.1 Å². The van der Waals surface area contributed by atoms with Crippen molar-refractivity contribution in [3.63, 3.8) is 0 Å². The zero-order valence-corrected chi connectivity index (χ0v) is 14.0. The number of amides is 1. The van der Waals surface area contributed by atoms with Gasteiger partial charge < -0.3 is 10.0 Å². The van der Waals surface area contributed by atoms with Crippen LogP contribution in [-0.2, 0) is 9.59 Å². The molecule has 1 N–H and O–H groups in total. The summed E-state index contributed by atoms with van der Waals surface area (Å²) < 4.78 is 1.04. The van der Waals surface area contributed by atoms with Crippen molar-refractivity contribution in [3.05, 3.63) is 28.7 Å². The molecule has 21 heavy (non-hydrogen) atoms. The van der Waals surface area contributed by atoms with Crippen LogP contribution in [0.1, 0.15) is 25.7 Å². The summed E-state index contributed by atoms with van der Waals surface area (Å²) in [7, 11) is 0. The van der Waals surface area contributed by atoms with Gasteiger partial charge in [-0.15, -0.1) is 11.8 Å². The summed E-state index contributed by atoms with van der Waals surface area (Å²) in [5.41, 5.74) is 0. The molecule has 1 amide bonds. The second kappa shape index (κ2) is 7.84. The van der Waals surface area contributed by atoms with Crippen LogP contribution in [0.25, 0.3) is 0 Å². The van der Waals surface area contributed by atoms with E-state index in [-0.39, 0.29) is 18.4 Å². The predicted octanol–water partition coefficient (Wildman–Crippen LogP) is 3.40. The minimum atomic E-state index is -0.830. The van der Waals surface area contributed by atoms with E-state index in [0.717, 1.165) is 28.0 Å². The number of nitrogens with zero attached hydrogens (tertiary/aromatic N) is 1. The lowest BCUT2D eigenvalue weighted by molar-refractivity contribution is -0.139. The molecule has 1 aromatic rings. The second-order valence-electron chi connectivity index (χ2n) is 5.03. The molecule has 0 aliphatic carbocycles. The van der Waals surface area contributed by atoms with Gasteiger partial charge in [-0.3, -0.25) is 9.59 Å². The number of carbonyl (C=O) groups excluding carboxylic acids is 1. The molecule has 0 saturated carbocycles. The lowest BCUT2D eigenvalue weighted by Crippen LogP contribution is -2.36. The van der Waals surface area contributed by atoms with E-state index in [9.17, 15) is 9.59 Å². The van der Waals surface area contributed by atoms with Crippen LogP contribution >= 0.6 is 27.7 Å². The highest BCUT2D eigenvalue weighted by Gasteiger charge is 2.29. The van der Waals surface area contributed by atoms with E-state index in [2.05, 4.69) is 15.9 Å². The molecule has 6 heteroatoms. The molecule has 1 heterocycles. The molecular formula is C15H18BrNO3S. The van der Waals surface area contributed by atoms with Crippen molar-refractivity contribution in [2.45, 2.75) is 36.6 Å². The third-order valence-corrected chi connectivity index (χ3v) is 5.05. The summed E-state index contributed by atoms with van der Waals surface area (Å²) in [5.74, 6) is -0.0381. The molecular weight excluding hydrogens is 354 g/mol. The fraction of sp³-hybridized carbons (Fsp3) is 0.467. The number of carboxylic acid groups (broad SMARTS) is 1. The Morgan fingerprint density at radius 2 is 2.05 bits per heavy atom. The van der Waals surface area contributed by atoms with Gasteiger partial charge in [0, 0.05) is 34.1 Å². The van der Waals surface area contributed by atoms with Gasteiger partial charge in [0.25, 0.3) is 0 Å². The maximum Gasteiger partial charge on any atom is 0.305 e. The molecule has 1 atom stereocenters. The van der Waals surface area contributed by atoms with E-state index >= 15 is 0 Å². The zero-order valence-electron chi connectivity index (χ0n) is 11.6. The molecule has 1 aliphatic rings. The van der Waals surface area contributed by atoms with E-state index < -0.39 is 5.97 Å². The monoisotopic (exact) mass is 371 g/mol. The first-order valence-electron chi connectivity index (χ1n) is 6.96. The number of thioether (sulfide) groups is 1. The summed E-state index contributed by atoms with van der Waals surface area (Å²) in [6, 6.07) is 7.87. The van der Waals surface area contributed by atoms with Gasteiger partial charge in [-0.25, -0.2) is 0 Å². The van der Waals surface area contributed by atoms with Crippen LogP contribution in [0.5, 0.6) is 0 Å². The number of likely N-dealkylation sites (tertiary alicyclic amines) is 1. The Bertz CT molecular complexity index is 506. The number of halogens is 1. The number of hydrogen-bond acceptors (Lipinski definition) is 3. The average Bonchev–Trinajstić information content (AvgIpc) is 2.88. The number of benzene rings is 1. The average molecular weight is 372 g/mol. The number of carboxylic acids is 1. The Hall–Kier alpha value is -1.01. The van der Waals surface area contributed by atoms with Gasteiger partial charge in [0.15, 0.2) is 0 Å². The molecule has 114 valence electrons. The van der Waals surface area contributed by atoms with Crippen LogP contribution in [0, 0.1) is 0 Å². The molecule has 0 radical (unpaired) electrons. The Balaban J connectivity index is 1.78. The third kappa shape index (κ3) is 5.04. The lowest BCUT2D eigenvalue weighted by Gasteiger charge is -2.23. The van der Waals surface area contributed by atoms with Gasteiger partial charge in [0.1, 0.15) is 0 Å².